The molecule has 0 saturated carbocycles. The molecular weight excluding hydrogens is 224 g/mol. The Morgan fingerprint density at radius 2 is 2.28 bits per heavy atom. The third kappa shape index (κ3) is 2.31. The number of hydrogen-bond donors (Lipinski definition) is 1. The van der Waals surface area contributed by atoms with Crippen LogP contribution in [0, 0.1) is 6.92 Å². The summed E-state index contributed by atoms with van der Waals surface area (Å²) < 4.78 is 0. The van der Waals surface area contributed by atoms with Crippen LogP contribution in [0.5, 0.6) is 0 Å². The van der Waals surface area contributed by atoms with Crippen molar-refractivity contribution in [2.24, 2.45) is 0 Å². The van der Waals surface area contributed by atoms with Crippen LogP contribution in [-0.4, -0.2) is 52.0 Å². The first-order chi connectivity index (χ1) is 8.76. The lowest BCUT2D eigenvalue weighted by Gasteiger charge is -2.32. The molecule has 100 valence electrons. The number of aromatic amines is 1. The van der Waals surface area contributed by atoms with Gasteiger partial charge in [-0.15, -0.1) is 0 Å². The van der Waals surface area contributed by atoms with Gasteiger partial charge in [-0.05, 0) is 32.9 Å². The fourth-order valence-corrected chi connectivity index (χ4v) is 3.46. The van der Waals surface area contributed by atoms with Crippen LogP contribution < -0.4 is 0 Å². The fraction of sp³-hybridized carbons (Fsp3) is 0.786. The van der Waals surface area contributed by atoms with E-state index in [1.807, 2.05) is 0 Å². The molecule has 18 heavy (non-hydrogen) atoms. The van der Waals surface area contributed by atoms with Crippen LogP contribution in [0.2, 0.25) is 0 Å². The average molecular weight is 248 g/mol. The van der Waals surface area contributed by atoms with E-state index in [0.717, 1.165) is 24.8 Å². The van der Waals surface area contributed by atoms with E-state index in [0.29, 0.717) is 0 Å². The summed E-state index contributed by atoms with van der Waals surface area (Å²) in [6, 6.07) is 0.778. The number of hydrogen-bond acceptors (Lipinski definition) is 3. The van der Waals surface area contributed by atoms with Crippen LogP contribution in [0.3, 0.4) is 0 Å². The molecule has 0 amide bonds. The van der Waals surface area contributed by atoms with Crippen LogP contribution in [0.25, 0.3) is 0 Å². The summed E-state index contributed by atoms with van der Waals surface area (Å²) in [6.45, 7) is 10.3. The fourth-order valence-electron chi connectivity index (χ4n) is 3.46. The Morgan fingerprint density at radius 1 is 1.39 bits per heavy atom. The maximum absolute atomic E-state index is 4.56. The van der Waals surface area contributed by atoms with E-state index in [4.69, 9.17) is 0 Å². The van der Waals surface area contributed by atoms with Crippen LogP contribution in [-0.2, 0) is 13.0 Å². The minimum Gasteiger partial charge on any atom is -0.345 e. The summed E-state index contributed by atoms with van der Waals surface area (Å²) in [4.78, 5) is 13.2. The van der Waals surface area contributed by atoms with Gasteiger partial charge in [-0.1, -0.05) is 6.92 Å². The molecule has 1 fully saturated rings. The summed E-state index contributed by atoms with van der Waals surface area (Å²) in [7, 11) is 0. The minimum absolute atomic E-state index is 0.778. The second-order valence-electron chi connectivity index (χ2n) is 5.66. The predicted molar refractivity (Wildman–Crippen MR) is 72.6 cm³/mol. The molecule has 3 heterocycles. The Hall–Kier alpha value is -0.870. The van der Waals surface area contributed by atoms with Gasteiger partial charge in [0.1, 0.15) is 5.82 Å². The number of H-pyrrole nitrogens is 1. The van der Waals surface area contributed by atoms with E-state index in [1.54, 1.807) is 0 Å². The number of likely N-dealkylation sites (N-methyl/N-ethyl adjacent to an activating group) is 1. The molecule has 0 spiro atoms. The third-order valence-electron chi connectivity index (χ3n) is 4.40. The first kappa shape index (κ1) is 12.2. The Labute approximate surface area is 109 Å². The van der Waals surface area contributed by atoms with E-state index in [1.165, 1.54) is 50.4 Å². The van der Waals surface area contributed by atoms with Crippen molar-refractivity contribution >= 4 is 0 Å². The lowest BCUT2D eigenvalue weighted by Crippen LogP contribution is -2.42. The highest BCUT2D eigenvalue weighted by molar-refractivity contribution is 5.17. The normalized spacial score (nSPS) is 25.6. The molecule has 1 unspecified atom stereocenters. The lowest BCUT2D eigenvalue weighted by atomic mass is 10.1. The Morgan fingerprint density at radius 3 is 3.11 bits per heavy atom. The minimum atomic E-state index is 0.778. The summed E-state index contributed by atoms with van der Waals surface area (Å²) in [5.74, 6) is 1.07. The van der Waals surface area contributed by atoms with Crippen molar-refractivity contribution in [2.75, 3.05) is 26.2 Å². The lowest BCUT2D eigenvalue weighted by molar-refractivity contribution is 0.165. The zero-order chi connectivity index (χ0) is 12.5. The molecule has 1 N–H and O–H groups in total. The maximum atomic E-state index is 4.56. The van der Waals surface area contributed by atoms with Gasteiger partial charge < -0.3 is 4.98 Å². The molecule has 1 saturated heterocycles. The van der Waals surface area contributed by atoms with E-state index >= 15 is 0 Å². The summed E-state index contributed by atoms with van der Waals surface area (Å²) >= 11 is 0. The smallest absolute Gasteiger partial charge is 0.103 e. The first-order valence-electron chi connectivity index (χ1n) is 7.27. The Bertz CT molecular complexity index is 412. The second kappa shape index (κ2) is 5.02. The van der Waals surface area contributed by atoms with Crippen molar-refractivity contribution in [1.82, 2.24) is 19.8 Å². The number of nitrogens with one attached hydrogen (secondary N) is 1. The molecule has 0 radical (unpaired) electrons. The number of rotatable bonds is 3. The third-order valence-corrected chi connectivity index (χ3v) is 4.40. The van der Waals surface area contributed by atoms with E-state index in [2.05, 4.69) is 33.6 Å². The largest absolute Gasteiger partial charge is 0.345 e. The molecule has 0 bridgehead atoms. The van der Waals surface area contributed by atoms with E-state index < -0.39 is 0 Å². The van der Waals surface area contributed by atoms with Crippen molar-refractivity contribution in [3.63, 3.8) is 0 Å². The van der Waals surface area contributed by atoms with Gasteiger partial charge in [0.25, 0.3) is 0 Å². The highest BCUT2D eigenvalue weighted by Crippen LogP contribution is 2.21. The molecule has 1 aromatic rings. The van der Waals surface area contributed by atoms with Crippen molar-refractivity contribution in [1.29, 1.82) is 0 Å². The summed E-state index contributed by atoms with van der Waals surface area (Å²) in [5, 5.41) is 0. The molecule has 0 aromatic carbocycles. The van der Waals surface area contributed by atoms with Gasteiger partial charge in [0, 0.05) is 32.1 Å². The van der Waals surface area contributed by atoms with Gasteiger partial charge in [-0.3, -0.25) is 9.80 Å². The molecule has 3 rings (SSSR count). The van der Waals surface area contributed by atoms with Crippen molar-refractivity contribution in [3.8, 4) is 0 Å². The molecular formula is C14H24N4. The number of fused-ring (bicyclic) bond motifs is 1. The van der Waals surface area contributed by atoms with Gasteiger partial charge >= 0.3 is 0 Å². The van der Waals surface area contributed by atoms with Gasteiger partial charge in [0.05, 0.1) is 11.4 Å². The molecule has 4 nitrogen and oxygen atoms in total. The highest BCUT2D eigenvalue weighted by Gasteiger charge is 2.27. The van der Waals surface area contributed by atoms with Gasteiger partial charge in [-0.2, -0.15) is 0 Å². The molecule has 0 aliphatic carbocycles. The van der Waals surface area contributed by atoms with Crippen molar-refractivity contribution in [3.05, 3.63) is 17.2 Å². The van der Waals surface area contributed by atoms with Crippen molar-refractivity contribution < 1.29 is 0 Å². The summed E-state index contributed by atoms with van der Waals surface area (Å²) in [6.07, 6.45) is 3.86. The van der Waals surface area contributed by atoms with Crippen LogP contribution in [0.4, 0.5) is 0 Å². The van der Waals surface area contributed by atoms with Crippen LogP contribution in [0.15, 0.2) is 0 Å². The Kier molecular flexibility index (Phi) is 3.39. The zero-order valence-corrected chi connectivity index (χ0v) is 11.6. The quantitative estimate of drug-likeness (QED) is 0.881. The molecule has 4 heteroatoms. The Balaban J connectivity index is 1.62. The molecule has 2 aliphatic heterocycles. The highest BCUT2D eigenvalue weighted by atomic mass is 15.2. The average Bonchev–Trinajstić information content (AvgIpc) is 2.93. The number of likely N-dealkylation sites (tertiary alicyclic amines) is 1. The predicted octanol–water partition coefficient (Wildman–Crippen LogP) is 1.56. The number of nitrogens with zero attached hydrogens (tertiary/aromatic N) is 3. The topological polar surface area (TPSA) is 35.2 Å². The standard InChI is InChI=1S/C14H24N4/c1-3-18-7-4-5-12(18)9-17-8-6-13-14(10-17)16-11(2)15-13/h12H,3-10H2,1-2H3,(H,15,16). The number of aryl methyl sites for hydroxylation is 1. The van der Waals surface area contributed by atoms with E-state index in [9.17, 15) is 0 Å². The molecule has 2 aliphatic rings. The number of aromatic nitrogens is 2. The summed E-state index contributed by atoms with van der Waals surface area (Å²) in [5.41, 5.74) is 2.64. The molecule has 1 atom stereocenters. The number of imidazole rings is 1. The van der Waals surface area contributed by atoms with Gasteiger partial charge in [0.2, 0.25) is 0 Å². The van der Waals surface area contributed by atoms with Gasteiger partial charge in [0.15, 0.2) is 0 Å². The molecule has 1 aromatic heterocycles. The zero-order valence-electron chi connectivity index (χ0n) is 11.6. The van der Waals surface area contributed by atoms with Crippen LogP contribution >= 0.6 is 0 Å². The second-order valence-corrected chi connectivity index (χ2v) is 5.66. The monoisotopic (exact) mass is 248 g/mol. The van der Waals surface area contributed by atoms with Crippen LogP contribution in [0.1, 0.15) is 37.0 Å². The van der Waals surface area contributed by atoms with E-state index in [-0.39, 0.29) is 0 Å². The van der Waals surface area contributed by atoms with Gasteiger partial charge in [-0.25, -0.2) is 4.98 Å². The van der Waals surface area contributed by atoms with Crippen molar-refractivity contribution in [2.45, 2.75) is 45.7 Å². The first-order valence-corrected chi connectivity index (χ1v) is 7.27. The SMILES string of the molecule is CCN1CCCC1CN1CCc2nc(C)[nH]c2C1. The maximum Gasteiger partial charge on any atom is 0.103 e.